The molecule has 15 heavy (non-hydrogen) atoms. The van der Waals surface area contributed by atoms with Crippen molar-refractivity contribution >= 4 is 11.8 Å². The standard InChI is InChI=1S/C11H18O4/c1-3-8-6-9(12)4-5-11(8,7-15-2)10(13)14/h8H,3-7H2,1-2H3,(H,13,14). The number of hydrogen-bond acceptors (Lipinski definition) is 3. The zero-order chi connectivity index (χ0) is 11.5. The summed E-state index contributed by atoms with van der Waals surface area (Å²) in [5.74, 6) is -0.741. The van der Waals surface area contributed by atoms with Crippen LogP contribution >= 0.6 is 0 Å². The molecule has 2 unspecified atom stereocenters. The average Bonchev–Trinajstić information content (AvgIpc) is 2.20. The molecule has 0 aromatic carbocycles. The van der Waals surface area contributed by atoms with Crippen molar-refractivity contribution < 1.29 is 19.4 Å². The number of hydrogen-bond donors (Lipinski definition) is 1. The predicted molar refractivity (Wildman–Crippen MR) is 54.6 cm³/mol. The fraction of sp³-hybridized carbons (Fsp3) is 0.818. The summed E-state index contributed by atoms with van der Waals surface area (Å²) in [5.41, 5.74) is -0.850. The Bertz CT molecular complexity index is 261. The molecule has 1 saturated carbocycles. The van der Waals surface area contributed by atoms with Crippen molar-refractivity contribution in [2.24, 2.45) is 11.3 Å². The number of carbonyl (C=O) groups is 2. The van der Waals surface area contributed by atoms with E-state index in [0.29, 0.717) is 25.7 Å². The summed E-state index contributed by atoms with van der Waals surface area (Å²) in [7, 11) is 1.51. The van der Waals surface area contributed by atoms with E-state index in [0.717, 1.165) is 0 Å². The maximum Gasteiger partial charge on any atom is 0.312 e. The molecule has 0 heterocycles. The van der Waals surface area contributed by atoms with E-state index in [9.17, 15) is 14.7 Å². The first-order valence-electron chi connectivity index (χ1n) is 5.31. The minimum Gasteiger partial charge on any atom is -0.481 e. The first-order chi connectivity index (χ1) is 7.06. The van der Waals surface area contributed by atoms with Crippen molar-refractivity contribution in [1.29, 1.82) is 0 Å². The van der Waals surface area contributed by atoms with Gasteiger partial charge in [-0.05, 0) is 12.3 Å². The van der Waals surface area contributed by atoms with Crippen LogP contribution in [0.2, 0.25) is 0 Å². The van der Waals surface area contributed by atoms with Crippen LogP contribution in [0.25, 0.3) is 0 Å². The van der Waals surface area contributed by atoms with Crippen LogP contribution in [0.5, 0.6) is 0 Å². The van der Waals surface area contributed by atoms with Gasteiger partial charge in [0.1, 0.15) is 5.78 Å². The third kappa shape index (κ3) is 2.20. The number of rotatable bonds is 4. The van der Waals surface area contributed by atoms with E-state index < -0.39 is 11.4 Å². The average molecular weight is 214 g/mol. The largest absolute Gasteiger partial charge is 0.481 e. The topological polar surface area (TPSA) is 63.6 Å². The van der Waals surface area contributed by atoms with Gasteiger partial charge in [-0.25, -0.2) is 0 Å². The van der Waals surface area contributed by atoms with Crippen LogP contribution in [0.15, 0.2) is 0 Å². The summed E-state index contributed by atoms with van der Waals surface area (Å²) < 4.78 is 5.02. The number of methoxy groups -OCH3 is 1. The van der Waals surface area contributed by atoms with E-state index >= 15 is 0 Å². The monoisotopic (exact) mass is 214 g/mol. The van der Waals surface area contributed by atoms with Gasteiger partial charge in [0.25, 0.3) is 0 Å². The smallest absolute Gasteiger partial charge is 0.312 e. The third-order valence-corrected chi connectivity index (χ3v) is 3.43. The summed E-state index contributed by atoms with van der Waals surface area (Å²) in [6, 6.07) is 0. The van der Waals surface area contributed by atoms with Gasteiger partial charge in [-0.3, -0.25) is 9.59 Å². The summed E-state index contributed by atoms with van der Waals surface area (Å²) >= 11 is 0. The predicted octanol–water partition coefficient (Wildman–Crippen LogP) is 1.48. The highest BCUT2D eigenvalue weighted by Crippen LogP contribution is 2.42. The van der Waals surface area contributed by atoms with Crippen LogP contribution in [0.1, 0.15) is 32.6 Å². The maximum atomic E-state index is 11.4. The van der Waals surface area contributed by atoms with Gasteiger partial charge in [-0.1, -0.05) is 13.3 Å². The highest BCUT2D eigenvalue weighted by molar-refractivity contribution is 5.84. The molecule has 0 aromatic heterocycles. The molecule has 0 amide bonds. The lowest BCUT2D eigenvalue weighted by molar-refractivity contribution is -0.161. The molecule has 1 rings (SSSR count). The Hall–Kier alpha value is -0.900. The zero-order valence-electron chi connectivity index (χ0n) is 9.28. The van der Waals surface area contributed by atoms with Crippen LogP contribution < -0.4 is 0 Å². The number of carboxylic acid groups (broad SMARTS) is 1. The third-order valence-electron chi connectivity index (χ3n) is 3.43. The number of aliphatic carboxylic acids is 1. The molecule has 0 bridgehead atoms. The summed E-state index contributed by atoms with van der Waals surface area (Å²) in [5, 5.41) is 9.32. The second-order valence-corrected chi connectivity index (χ2v) is 4.24. The zero-order valence-corrected chi connectivity index (χ0v) is 9.28. The minimum absolute atomic E-state index is 0.0869. The van der Waals surface area contributed by atoms with E-state index in [1.54, 1.807) is 0 Å². The Morgan fingerprint density at radius 2 is 2.33 bits per heavy atom. The van der Waals surface area contributed by atoms with E-state index in [-0.39, 0.29) is 18.3 Å². The normalized spacial score (nSPS) is 31.6. The molecule has 4 heteroatoms. The lowest BCUT2D eigenvalue weighted by atomic mass is 9.65. The number of Topliss-reactive ketones (excluding diaryl/α,β-unsaturated/α-hetero) is 1. The van der Waals surface area contributed by atoms with Crippen LogP contribution in [-0.4, -0.2) is 30.6 Å². The Labute approximate surface area is 89.6 Å². The van der Waals surface area contributed by atoms with Crippen LogP contribution in [0.3, 0.4) is 0 Å². The summed E-state index contributed by atoms with van der Waals surface area (Å²) in [6.07, 6.45) is 1.87. The number of carbonyl (C=O) groups excluding carboxylic acids is 1. The second kappa shape index (κ2) is 4.75. The van der Waals surface area contributed by atoms with Gasteiger partial charge in [0, 0.05) is 20.0 Å². The molecule has 0 spiro atoms. The SMILES string of the molecule is CCC1CC(=O)CCC1(COC)C(=O)O. The van der Waals surface area contributed by atoms with Gasteiger partial charge in [0.2, 0.25) is 0 Å². The highest BCUT2D eigenvalue weighted by Gasteiger charge is 2.48. The summed E-state index contributed by atoms with van der Waals surface area (Å²) in [6.45, 7) is 2.13. The van der Waals surface area contributed by atoms with Crippen LogP contribution in [-0.2, 0) is 14.3 Å². The van der Waals surface area contributed by atoms with Crippen molar-refractivity contribution in [1.82, 2.24) is 0 Å². The number of ketones is 1. The van der Waals surface area contributed by atoms with Crippen molar-refractivity contribution in [3.05, 3.63) is 0 Å². The van der Waals surface area contributed by atoms with Gasteiger partial charge in [-0.15, -0.1) is 0 Å². The van der Waals surface area contributed by atoms with Crippen molar-refractivity contribution in [2.45, 2.75) is 32.6 Å². The van der Waals surface area contributed by atoms with Crippen LogP contribution in [0, 0.1) is 11.3 Å². The van der Waals surface area contributed by atoms with Crippen molar-refractivity contribution in [3.8, 4) is 0 Å². The first kappa shape index (κ1) is 12.2. The highest BCUT2D eigenvalue weighted by atomic mass is 16.5. The van der Waals surface area contributed by atoms with Gasteiger partial charge < -0.3 is 9.84 Å². The Morgan fingerprint density at radius 3 is 2.80 bits per heavy atom. The van der Waals surface area contributed by atoms with Crippen molar-refractivity contribution in [2.75, 3.05) is 13.7 Å². The molecule has 0 saturated heterocycles. The number of ether oxygens (including phenoxy) is 1. The lowest BCUT2D eigenvalue weighted by Gasteiger charge is -2.39. The first-order valence-corrected chi connectivity index (χ1v) is 5.31. The van der Waals surface area contributed by atoms with E-state index in [4.69, 9.17) is 4.74 Å². The Kier molecular flexibility index (Phi) is 3.85. The summed E-state index contributed by atoms with van der Waals surface area (Å²) in [4.78, 5) is 22.7. The fourth-order valence-electron chi connectivity index (χ4n) is 2.46. The molecule has 1 aliphatic rings. The molecule has 0 aromatic rings. The molecule has 86 valence electrons. The van der Waals surface area contributed by atoms with Gasteiger partial charge in [0.05, 0.1) is 12.0 Å². The van der Waals surface area contributed by atoms with Crippen LogP contribution in [0.4, 0.5) is 0 Å². The molecular weight excluding hydrogens is 196 g/mol. The maximum absolute atomic E-state index is 11.4. The Balaban J connectivity index is 2.93. The van der Waals surface area contributed by atoms with E-state index in [2.05, 4.69) is 0 Å². The molecule has 1 fully saturated rings. The Morgan fingerprint density at radius 1 is 1.67 bits per heavy atom. The second-order valence-electron chi connectivity index (χ2n) is 4.24. The van der Waals surface area contributed by atoms with Gasteiger partial charge in [-0.2, -0.15) is 0 Å². The van der Waals surface area contributed by atoms with Gasteiger partial charge >= 0.3 is 5.97 Å². The van der Waals surface area contributed by atoms with Crippen molar-refractivity contribution in [3.63, 3.8) is 0 Å². The fourth-order valence-corrected chi connectivity index (χ4v) is 2.46. The molecule has 0 aliphatic heterocycles. The van der Waals surface area contributed by atoms with E-state index in [1.807, 2.05) is 6.92 Å². The molecule has 4 nitrogen and oxygen atoms in total. The minimum atomic E-state index is -0.850. The molecular formula is C11H18O4. The van der Waals surface area contributed by atoms with Gasteiger partial charge in [0.15, 0.2) is 0 Å². The molecule has 2 atom stereocenters. The number of carboxylic acids is 1. The molecule has 1 aliphatic carbocycles. The van der Waals surface area contributed by atoms with E-state index in [1.165, 1.54) is 7.11 Å². The molecule has 1 N–H and O–H groups in total. The quantitative estimate of drug-likeness (QED) is 0.770. The lowest BCUT2D eigenvalue weighted by Crippen LogP contribution is -2.46. The molecule has 0 radical (unpaired) electrons.